The second kappa shape index (κ2) is 8.25. The molecule has 0 bridgehead atoms. The Labute approximate surface area is 133 Å². The summed E-state index contributed by atoms with van der Waals surface area (Å²) in [6.45, 7) is 0.779. The lowest BCUT2D eigenvalue weighted by atomic mass is 10.1. The van der Waals surface area contributed by atoms with Gasteiger partial charge in [-0.3, -0.25) is 4.21 Å². The van der Waals surface area contributed by atoms with Gasteiger partial charge in [-0.25, -0.2) is 0 Å². The number of thioether (sulfide) groups is 1. The minimum atomic E-state index is -0.905. The minimum Gasteiger partial charge on any atom is -0.381 e. The van der Waals surface area contributed by atoms with Crippen LogP contribution in [0.1, 0.15) is 11.1 Å². The third-order valence-electron chi connectivity index (χ3n) is 3.30. The fraction of sp³-hybridized carbons (Fsp3) is 0.294. The van der Waals surface area contributed by atoms with Crippen molar-refractivity contribution in [3.05, 3.63) is 59.7 Å². The molecule has 0 spiro atoms. The van der Waals surface area contributed by atoms with Crippen LogP contribution >= 0.6 is 11.8 Å². The molecule has 21 heavy (non-hydrogen) atoms. The molecule has 112 valence electrons. The van der Waals surface area contributed by atoms with Gasteiger partial charge < -0.3 is 5.32 Å². The Morgan fingerprint density at radius 2 is 1.62 bits per heavy atom. The molecule has 0 unspecified atom stereocenters. The van der Waals surface area contributed by atoms with Crippen molar-refractivity contribution < 1.29 is 4.21 Å². The fourth-order valence-corrected chi connectivity index (χ4v) is 2.97. The first-order valence-electron chi connectivity index (χ1n) is 6.93. The molecule has 4 heteroatoms. The van der Waals surface area contributed by atoms with Gasteiger partial charge in [-0.05, 0) is 53.8 Å². The van der Waals surface area contributed by atoms with E-state index < -0.39 is 10.8 Å². The Balaban J connectivity index is 1.88. The minimum absolute atomic E-state index is 0.779. The van der Waals surface area contributed by atoms with E-state index in [-0.39, 0.29) is 0 Å². The van der Waals surface area contributed by atoms with Crippen molar-refractivity contribution in [1.29, 1.82) is 0 Å². The number of benzene rings is 2. The largest absolute Gasteiger partial charge is 0.381 e. The van der Waals surface area contributed by atoms with E-state index in [2.05, 4.69) is 35.8 Å². The van der Waals surface area contributed by atoms with Gasteiger partial charge in [0.1, 0.15) is 0 Å². The maximum absolute atomic E-state index is 11.3. The molecule has 1 atom stereocenters. The Morgan fingerprint density at radius 1 is 1.00 bits per heavy atom. The molecule has 2 aromatic rings. The lowest BCUT2D eigenvalue weighted by molar-refractivity contribution is 0.687. The van der Waals surface area contributed by atoms with Gasteiger partial charge in [-0.1, -0.05) is 24.3 Å². The molecule has 0 aromatic heterocycles. The Hall–Kier alpha value is -1.26. The topological polar surface area (TPSA) is 29.1 Å². The Kier molecular flexibility index (Phi) is 6.33. The van der Waals surface area contributed by atoms with Gasteiger partial charge in [0.05, 0.1) is 0 Å². The zero-order chi connectivity index (χ0) is 15.1. The summed E-state index contributed by atoms with van der Waals surface area (Å²) in [4.78, 5) is 0.872. The summed E-state index contributed by atoms with van der Waals surface area (Å²) in [6, 6.07) is 16.5. The molecular formula is C17H21NOS2. The number of hydrogen-bond donors (Lipinski definition) is 1. The Bertz CT molecular complexity index is 579. The smallest absolute Gasteiger partial charge is 0.0498 e. The number of hydrogen-bond acceptors (Lipinski definition) is 3. The summed E-state index contributed by atoms with van der Waals surface area (Å²) in [5.41, 5.74) is 3.70. The maximum Gasteiger partial charge on any atom is 0.0498 e. The third kappa shape index (κ3) is 5.21. The monoisotopic (exact) mass is 319 g/mol. The quantitative estimate of drug-likeness (QED) is 0.838. The first-order chi connectivity index (χ1) is 10.2. The maximum atomic E-state index is 11.3. The first kappa shape index (κ1) is 16.1. The highest BCUT2D eigenvalue weighted by atomic mass is 32.2. The van der Waals surface area contributed by atoms with E-state index in [0.717, 1.165) is 29.3 Å². The molecule has 0 fully saturated rings. The number of aryl methyl sites for hydroxylation is 1. The van der Waals surface area contributed by atoms with Crippen molar-refractivity contribution in [3.63, 3.8) is 0 Å². The van der Waals surface area contributed by atoms with Gasteiger partial charge in [0, 0.05) is 34.2 Å². The second-order valence-corrected chi connectivity index (χ2v) is 7.26. The standard InChI is InChI=1S/C17H21NOS2/c1-20-12-11-14-3-7-16(8-4-14)18-13-15-5-9-17(10-6-15)21(2)19/h3-10,18H,11-13H2,1-2H3/t21-/m1/s1. The van der Waals surface area contributed by atoms with E-state index in [1.807, 2.05) is 36.0 Å². The molecule has 0 saturated carbocycles. The van der Waals surface area contributed by atoms with Crippen LogP contribution in [0.25, 0.3) is 0 Å². The van der Waals surface area contributed by atoms with Crippen molar-refractivity contribution in [2.75, 3.05) is 23.6 Å². The van der Waals surface area contributed by atoms with Gasteiger partial charge in [0.25, 0.3) is 0 Å². The number of anilines is 1. The van der Waals surface area contributed by atoms with Crippen molar-refractivity contribution in [2.45, 2.75) is 17.9 Å². The Morgan fingerprint density at radius 3 is 2.19 bits per heavy atom. The van der Waals surface area contributed by atoms with Gasteiger partial charge in [0.15, 0.2) is 0 Å². The summed E-state index contributed by atoms with van der Waals surface area (Å²) in [7, 11) is -0.905. The van der Waals surface area contributed by atoms with E-state index >= 15 is 0 Å². The van der Waals surface area contributed by atoms with E-state index in [9.17, 15) is 4.21 Å². The van der Waals surface area contributed by atoms with E-state index in [0.29, 0.717) is 0 Å². The van der Waals surface area contributed by atoms with Crippen LogP contribution in [0.2, 0.25) is 0 Å². The zero-order valence-electron chi connectivity index (χ0n) is 12.5. The van der Waals surface area contributed by atoms with Gasteiger partial charge in [-0.15, -0.1) is 0 Å². The molecule has 0 amide bonds. The van der Waals surface area contributed by atoms with Crippen LogP contribution in [-0.2, 0) is 23.8 Å². The average Bonchev–Trinajstić information content (AvgIpc) is 2.52. The molecule has 2 rings (SSSR count). The highest BCUT2D eigenvalue weighted by Gasteiger charge is 1.99. The summed E-state index contributed by atoms with van der Waals surface area (Å²) in [6.07, 6.45) is 4.96. The molecular weight excluding hydrogens is 298 g/mol. The number of nitrogens with one attached hydrogen (secondary N) is 1. The van der Waals surface area contributed by atoms with Crippen molar-refractivity contribution in [3.8, 4) is 0 Å². The molecule has 0 aliphatic heterocycles. The lowest BCUT2D eigenvalue weighted by Gasteiger charge is -2.08. The van der Waals surface area contributed by atoms with Crippen LogP contribution < -0.4 is 5.32 Å². The molecule has 1 N–H and O–H groups in total. The molecule has 2 aromatic carbocycles. The third-order valence-corrected chi connectivity index (χ3v) is 4.85. The van der Waals surface area contributed by atoms with Gasteiger partial charge in [0.2, 0.25) is 0 Å². The van der Waals surface area contributed by atoms with Gasteiger partial charge in [-0.2, -0.15) is 11.8 Å². The highest BCUT2D eigenvalue weighted by Crippen LogP contribution is 2.14. The highest BCUT2D eigenvalue weighted by molar-refractivity contribution is 7.98. The van der Waals surface area contributed by atoms with Crippen molar-refractivity contribution >= 4 is 28.2 Å². The van der Waals surface area contributed by atoms with E-state index in [1.165, 1.54) is 11.1 Å². The summed E-state index contributed by atoms with van der Waals surface area (Å²) in [5, 5.41) is 3.41. The molecule has 0 aliphatic carbocycles. The van der Waals surface area contributed by atoms with Crippen LogP contribution in [0.15, 0.2) is 53.4 Å². The van der Waals surface area contributed by atoms with Crippen molar-refractivity contribution in [2.24, 2.45) is 0 Å². The van der Waals surface area contributed by atoms with Crippen molar-refractivity contribution in [1.82, 2.24) is 0 Å². The first-order valence-corrected chi connectivity index (χ1v) is 9.88. The summed E-state index contributed by atoms with van der Waals surface area (Å²) < 4.78 is 11.3. The summed E-state index contributed by atoms with van der Waals surface area (Å²) in [5.74, 6) is 1.16. The summed E-state index contributed by atoms with van der Waals surface area (Å²) >= 11 is 1.87. The van der Waals surface area contributed by atoms with Crippen LogP contribution in [-0.4, -0.2) is 22.5 Å². The predicted molar refractivity (Wildman–Crippen MR) is 94.6 cm³/mol. The molecule has 0 saturated heterocycles. The van der Waals surface area contributed by atoms with Gasteiger partial charge >= 0.3 is 0 Å². The lowest BCUT2D eigenvalue weighted by Crippen LogP contribution is -2.00. The predicted octanol–water partition coefficient (Wildman–Crippen LogP) is 3.94. The van der Waals surface area contributed by atoms with Crippen LogP contribution in [0, 0.1) is 0 Å². The fourth-order valence-electron chi connectivity index (χ4n) is 2.01. The average molecular weight is 319 g/mol. The van der Waals surface area contributed by atoms with Crippen LogP contribution in [0.3, 0.4) is 0 Å². The zero-order valence-corrected chi connectivity index (χ0v) is 14.1. The molecule has 0 heterocycles. The molecule has 2 nitrogen and oxygen atoms in total. The normalized spacial score (nSPS) is 12.1. The SMILES string of the molecule is CSCCc1ccc(NCc2ccc([S@@](C)=O)cc2)cc1. The molecule has 0 aliphatic rings. The van der Waals surface area contributed by atoms with E-state index in [4.69, 9.17) is 0 Å². The van der Waals surface area contributed by atoms with Crippen LogP contribution in [0.5, 0.6) is 0 Å². The second-order valence-electron chi connectivity index (χ2n) is 4.89. The molecule has 0 radical (unpaired) electrons. The van der Waals surface area contributed by atoms with E-state index in [1.54, 1.807) is 6.26 Å². The number of rotatable bonds is 7. The van der Waals surface area contributed by atoms with Crippen LogP contribution in [0.4, 0.5) is 5.69 Å².